The van der Waals surface area contributed by atoms with Crippen LogP contribution in [0.3, 0.4) is 0 Å². The first kappa shape index (κ1) is 43.2. The van der Waals surface area contributed by atoms with E-state index in [-0.39, 0.29) is 25.7 Å². The maximum Gasteiger partial charge on any atom is 0.472 e. The third-order valence-electron chi connectivity index (χ3n) is 8.11. The van der Waals surface area contributed by atoms with Crippen molar-refractivity contribution < 1.29 is 28.4 Å². The minimum atomic E-state index is -4.32. The van der Waals surface area contributed by atoms with Crippen LogP contribution in [0.2, 0.25) is 0 Å². The summed E-state index contributed by atoms with van der Waals surface area (Å²) in [5, 5.41) is 13.6. The number of hydrogen-bond acceptors (Lipinski definition) is 6. The van der Waals surface area contributed by atoms with Crippen molar-refractivity contribution in [2.45, 2.75) is 187 Å². The number of aliphatic hydroxyl groups is 1. The minimum Gasteiger partial charge on any atom is -0.387 e. The van der Waals surface area contributed by atoms with Crippen LogP contribution in [0.15, 0.2) is 12.2 Å². The quantitative estimate of drug-likeness (QED) is 0.0311. The second kappa shape index (κ2) is 32.2. The maximum atomic E-state index is 12.7. The highest BCUT2D eigenvalue weighted by Crippen LogP contribution is 2.43. The highest BCUT2D eigenvalue weighted by atomic mass is 31.2. The monoisotopic (exact) mass is 647 g/mol. The van der Waals surface area contributed by atoms with Crippen molar-refractivity contribution in [2.24, 2.45) is 5.73 Å². The molecule has 5 N–H and O–H groups in total. The SMILES string of the molecule is CCCCCCCCCCC/C=C/C(O)C(COP(=O)(O)OCCN)NC(=O)CCCCCCCCCCCCCCCC. The van der Waals surface area contributed by atoms with Gasteiger partial charge in [0, 0.05) is 13.0 Å². The van der Waals surface area contributed by atoms with E-state index in [0.29, 0.717) is 6.42 Å². The second-order valence-electron chi connectivity index (χ2n) is 12.4. The number of rotatable bonds is 34. The lowest BCUT2D eigenvalue weighted by molar-refractivity contribution is -0.123. The van der Waals surface area contributed by atoms with Crippen molar-refractivity contribution in [2.75, 3.05) is 19.8 Å². The maximum absolute atomic E-state index is 12.7. The summed E-state index contributed by atoms with van der Waals surface area (Å²) in [5.41, 5.74) is 5.34. The van der Waals surface area contributed by atoms with Gasteiger partial charge in [-0.2, -0.15) is 0 Å². The van der Waals surface area contributed by atoms with Crippen LogP contribution in [0.4, 0.5) is 0 Å². The van der Waals surface area contributed by atoms with Crippen LogP contribution in [-0.4, -0.2) is 47.8 Å². The average Bonchev–Trinajstić information content (AvgIpc) is 3.01. The number of allylic oxidation sites excluding steroid dienone is 1. The molecule has 1 amide bonds. The van der Waals surface area contributed by atoms with E-state index in [0.717, 1.165) is 38.5 Å². The molecule has 3 atom stereocenters. The predicted octanol–water partition coefficient (Wildman–Crippen LogP) is 9.27. The van der Waals surface area contributed by atoms with E-state index < -0.39 is 20.0 Å². The summed E-state index contributed by atoms with van der Waals surface area (Å²) < 4.78 is 22.0. The molecule has 0 aliphatic rings. The summed E-state index contributed by atoms with van der Waals surface area (Å²) >= 11 is 0. The molecule has 0 bridgehead atoms. The number of phosphoric ester groups is 1. The van der Waals surface area contributed by atoms with Gasteiger partial charge in [-0.25, -0.2) is 4.57 Å². The van der Waals surface area contributed by atoms with E-state index in [1.165, 1.54) is 116 Å². The molecule has 262 valence electrons. The molecule has 0 heterocycles. The van der Waals surface area contributed by atoms with Crippen LogP contribution in [0, 0.1) is 0 Å². The van der Waals surface area contributed by atoms with Gasteiger partial charge in [0.25, 0.3) is 0 Å². The molecule has 0 radical (unpaired) electrons. The summed E-state index contributed by atoms with van der Waals surface area (Å²) in [4.78, 5) is 22.5. The van der Waals surface area contributed by atoms with Gasteiger partial charge < -0.3 is 21.1 Å². The molecule has 0 rings (SSSR count). The van der Waals surface area contributed by atoms with Crippen LogP contribution in [0.25, 0.3) is 0 Å². The number of hydrogen-bond donors (Lipinski definition) is 4. The third kappa shape index (κ3) is 29.9. The van der Waals surface area contributed by atoms with Gasteiger partial charge in [0.2, 0.25) is 5.91 Å². The molecule has 0 aromatic carbocycles. The minimum absolute atomic E-state index is 0.0808. The molecule has 44 heavy (non-hydrogen) atoms. The van der Waals surface area contributed by atoms with Crippen LogP contribution in [0.1, 0.15) is 174 Å². The van der Waals surface area contributed by atoms with Gasteiger partial charge in [-0.1, -0.05) is 161 Å². The van der Waals surface area contributed by atoms with Crippen molar-refractivity contribution >= 4 is 13.7 Å². The Bertz CT molecular complexity index is 709. The largest absolute Gasteiger partial charge is 0.472 e. The van der Waals surface area contributed by atoms with Gasteiger partial charge in [-0.05, 0) is 19.3 Å². The molecular formula is C35H71N2O6P. The summed E-state index contributed by atoms with van der Waals surface area (Å²) in [6.45, 7) is 4.11. The van der Waals surface area contributed by atoms with Gasteiger partial charge >= 0.3 is 7.82 Å². The number of unbranched alkanes of at least 4 members (excludes halogenated alkanes) is 22. The lowest BCUT2D eigenvalue weighted by atomic mass is 10.0. The molecule has 0 saturated heterocycles. The third-order valence-corrected chi connectivity index (χ3v) is 9.10. The molecule has 3 unspecified atom stereocenters. The Hall–Kier alpha value is -0.760. The smallest absolute Gasteiger partial charge is 0.387 e. The van der Waals surface area contributed by atoms with E-state index in [1.807, 2.05) is 6.08 Å². The second-order valence-corrected chi connectivity index (χ2v) is 13.9. The highest BCUT2D eigenvalue weighted by Gasteiger charge is 2.26. The highest BCUT2D eigenvalue weighted by molar-refractivity contribution is 7.47. The fourth-order valence-corrected chi connectivity index (χ4v) is 6.07. The van der Waals surface area contributed by atoms with Crippen molar-refractivity contribution in [1.29, 1.82) is 0 Å². The van der Waals surface area contributed by atoms with Crippen molar-refractivity contribution in [1.82, 2.24) is 5.32 Å². The fourth-order valence-electron chi connectivity index (χ4n) is 5.31. The number of carbonyl (C=O) groups is 1. The summed E-state index contributed by atoms with van der Waals surface area (Å²) in [6, 6.07) is -0.851. The fraction of sp³-hybridized carbons (Fsp3) is 0.914. The van der Waals surface area contributed by atoms with E-state index in [2.05, 4.69) is 19.2 Å². The predicted molar refractivity (Wildman–Crippen MR) is 185 cm³/mol. The van der Waals surface area contributed by atoms with Crippen molar-refractivity contribution in [3.05, 3.63) is 12.2 Å². The molecule has 0 spiro atoms. The first-order valence-electron chi connectivity index (χ1n) is 18.3. The van der Waals surface area contributed by atoms with Gasteiger partial charge in [-0.15, -0.1) is 0 Å². The van der Waals surface area contributed by atoms with Gasteiger partial charge in [0.15, 0.2) is 0 Å². The molecule has 0 saturated carbocycles. The van der Waals surface area contributed by atoms with Crippen LogP contribution >= 0.6 is 7.82 Å². The number of carbonyl (C=O) groups excluding carboxylic acids is 1. The van der Waals surface area contributed by atoms with Crippen molar-refractivity contribution in [3.63, 3.8) is 0 Å². The lowest BCUT2D eigenvalue weighted by Gasteiger charge is -2.23. The molecule has 0 aliphatic heterocycles. The Kier molecular flexibility index (Phi) is 31.6. The van der Waals surface area contributed by atoms with Crippen molar-refractivity contribution in [3.8, 4) is 0 Å². The molecular weight excluding hydrogens is 575 g/mol. The Morgan fingerprint density at radius 3 is 1.61 bits per heavy atom. The lowest BCUT2D eigenvalue weighted by Crippen LogP contribution is -2.45. The van der Waals surface area contributed by atoms with E-state index in [9.17, 15) is 19.4 Å². The zero-order chi connectivity index (χ0) is 32.6. The Morgan fingerprint density at radius 1 is 0.727 bits per heavy atom. The van der Waals surface area contributed by atoms with Crippen LogP contribution < -0.4 is 11.1 Å². The summed E-state index contributed by atoms with van der Waals surface area (Å²) in [5.74, 6) is -0.195. The van der Waals surface area contributed by atoms with Crippen LogP contribution in [-0.2, 0) is 18.4 Å². The number of nitrogens with one attached hydrogen (secondary N) is 1. The zero-order valence-electron chi connectivity index (χ0n) is 28.7. The number of aliphatic hydroxyl groups excluding tert-OH is 1. The number of nitrogens with two attached hydrogens (primary N) is 1. The van der Waals surface area contributed by atoms with Gasteiger partial charge in [-0.3, -0.25) is 13.8 Å². The molecule has 0 aromatic heterocycles. The average molecular weight is 647 g/mol. The molecule has 0 fully saturated rings. The molecule has 0 aliphatic carbocycles. The Balaban J connectivity index is 4.31. The Labute approximate surface area is 271 Å². The standard InChI is InChI=1S/C35H71N2O6P/c1-3-5-7-9-11-13-15-16-17-19-21-23-25-27-29-35(39)37-33(32-43-44(40,41)42-31-30-36)34(38)28-26-24-22-20-18-14-12-10-8-6-4-2/h26,28,33-34,38H,3-25,27,29-32,36H2,1-2H3,(H,37,39)(H,40,41)/b28-26+. The number of phosphoric acid groups is 1. The molecule has 0 aromatic rings. The number of amides is 1. The molecule has 8 nitrogen and oxygen atoms in total. The molecule has 9 heteroatoms. The van der Waals surface area contributed by atoms with E-state index in [1.54, 1.807) is 6.08 Å². The first-order chi connectivity index (χ1) is 21.4. The van der Waals surface area contributed by atoms with E-state index >= 15 is 0 Å². The zero-order valence-corrected chi connectivity index (χ0v) is 29.6. The van der Waals surface area contributed by atoms with Gasteiger partial charge in [0.05, 0.1) is 25.4 Å². The van der Waals surface area contributed by atoms with E-state index in [4.69, 9.17) is 14.8 Å². The summed E-state index contributed by atoms with van der Waals surface area (Å²) in [7, 11) is -4.32. The topological polar surface area (TPSA) is 131 Å². The summed E-state index contributed by atoms with van der Waals surface area (Å²) in [6.07, 6.45) is 32.5. The first-order valence-corrected chi connectivity index (χ1v) is 19.8. The Morgan fingerprint density at radius 2 is 1.16 bits per heavy atom. The van der Waals surface area contributed by atoms with Crippen LogP contribution in [0.5, 0.6) is 0 Å². The normalized spacial score (nSPS) is 14.6. The van der Waals surface area contributed by atoms with Gasteiger partial charge in [0.1, 0.15) is 0 Å².